The van der Waals surface area contributed by atoms with Gasteiger partial charge >= 0.3 is 0 Å². The van der Waals surface area contributed by atoms with Crippen molar-refractivity contribution in [2.75, 3.05) is 6.61 Å². The molecule has 1 N–H and O–H groups in total. The van der Waals surface area contributed by atoms with Gasteiger partial charge < -0.3 is 14.4 Å². The first-order chi connectivity index (χ1) is 10.3. The summed E-state index contributed by atoms with van der Waals surface area (Å²) in [5, 5.41) is 13.6. The van der Waals surface area contributed by atoms with E-state index in [0.717, 1.165) is 11.3 Å². The van der Waals surface area contributed by atoms with Crippen LogP contribution < -0.4 is 4.74 Å². The van der Waals surface area contributed by atoms with E-state index in [4.69, 9.17) is 9.26 Å². The zero-order valence-electron chi connectivity index (χ0n) is 11.1. The molecule has 21 heavy (non-hydrogen) atoms. The molecule has 5 nitrogen and oxygen atoms in total. The molecule has 0 spiro atoms. The van der Waals surface area contributed by atoms with Gasteiger partial charge in [-0.1, -0.05) is 29.4 Å². The molecule has 2 aromatic carbocycles. The Labute approximate surface area is 120 Å². The Kier molecular flexibility index (Phi) is 2.64. The highest BCUT2D eigenvalue weighted by molar-refractivity contribution is 5.55. The molecule has 0 saturated carbocycles. The second-order valence-electron chi connectivity index (χ2n) is 4.91. The zero-order chi connectivity index (χ0) is 14.2. The van der Waals surface area contributed by atoms with E-state index in [1.54, 1.807) is 18.2 Å². The molecule has 1 atom stereocenters. The molecule has 0 bridgehead atoms. The molecule has 0 aliphatic carbocycles. The highest BCUT2D eigenvalue weighted by Crippen LogP contribution is 2.37. The number of para-hydroxylation sites is 1. The maximum absolute atomic E-state index is 9.51. The van der Waals surface area contributed by atoms with E-state index in [9.17, 15) is 5.11 Å². The molecule has 0 amide bonds. The average Bonchev–Trinajstić information content (AvgIpc) is 3.14. The highest BCUT2D eigenvalue weighted by atomic mass is 16.5. The van der Waals surface area contributed by atoms with E-state index in [1.165, 1.54) is 0 Å². The maximum atomic E-state index is 9.51. The van der Waals surface area contributed by atoms with Gasteiger partial charge in [-0.15, -0.1) is 0 Å². The minimum Gasteiger partial charge on any atom is -0.508 e. The summed E-state index contributed by atoms with van der Waals surface area (Å²) in [5.74, 6) is 2.01. The molecule has 1 unspecified atom stereocenters. The molecule has 0 radical (unpaired) electrons. The highest BCUT2D eigenvalue weighted by Gasteiger charge is 2.29. The monoisotopic (exact) mass is 280 g/mol. The quantitative estimate of drug-likeness (QED) is 0.781. The molecule has 1 aromatic heterocycles. The lowest BCUT2D eigenvalue weighted by molar-refractivity contribution is 0.334. The van der Waals surface area contributed by atoms with E-state index in [1.807, 2.05) is 30.3 Å². The van der Waals surface area contributed by atoms with Crippen LogP contribution in [0, 0.1) is 0 Å². The van der Waals surface area contributed by atoms with Crippen molar-refractivity contribution < 1.29 is 14.4 Å². The Bertz CT molecular complexity index is 797. The van der Waals surface area contributed by atoms with E-state index in [2.05, 4.69) is 10.1 Å². The van der Waals surface area contributed by atoms with Gasteiger partial charge in [0, 0.05) is 11.1 Å². The van der Waals surface area contributed by atoms with Crippen molar-refractivity contribution in [3.05, 3.63) is 59.9 Å². The summed E-state index contributed by atoms with van der Waals surface area (Å²) < 4.78 is 10.9. The third-order valence-corrected chi connectivity index (χ3v) is 3.55. The predicted molar refractivity (Wildman–Crippen MR) is 75.2 cm³/mol. The fourth-order valence-corrected chi connectivity index (χ4v) is 2.51. The molecule has 5 heteroatoms. The van der Waals surface area contributed by atoms with Crippen LogP contribution in [-0.4, -0.2) is 21.9 Å². The van der Waals surface area contributed by atoms with Gasteiger partial charge in [0.15, 0.2) is 5.82 Å². The van der Waals surface area contributed by atoms with Gasteiger partial charge in [-0.2, -0.15) is 4.98 Å². The van der Waals surface area contributed by atoms with Crippen LogP contribution in [0.1, 0.15) is 17.3 Å². The van der Waals surface area contributed by atoms with Crippen LogP contribution in [0.25, 0.3) is 11.5 Å². The van der Waals surface area contributed by atoms with Crippen molar-refractivity contribution >= 4 is 0 Å². The lowest BCUT2D eigenvalue weighted by Gasteiger charge is -2.01. The largest absolute Gasteiger partial charge is 0.508 e. The summed E-state index contributed by atoms with van der Waals surface area (Å²) in [6.07, 6.45) is 0. The van der Waals surface area contributed by atoms with Crippen LogP contribution >= 0.6 is 0 Å². The SMILES string of the molecule is Oc1cccc(-c2nc(C3COc4ccccc43)no2)c1. The number of aromatic hydroxyl groups is 1. The molecule has 0 saturated heterocycles. The molecular weight excluding hydrogens is 268 g/mol. The molecule has 0 fully saturated rings. The van der Waals surface area contributed by atoms with Crippen LogP contribution in [0.2, 0.25) is 0 Å². The lowest BCUT2D eigenvalue weighted by Crippen LogP contribution is -2.04. The van der Waals surface area contributed by atoms with Crippen molar-refractivity contribution in [1.82, 2.24) is 10.1 Å². The molecule has 104 valence electrons. The normalized spacial score (nSPS) is 16.5. The number of ether oxygens (including phenoxy) is 1. The summed E-state index contributed by atoms with van der Waals surface area (Å²) in [7, 11) is 0. The van der Waals surface area contributed by atoms with Gasteiger partial charge in [0.05, 0.1) is 5.92 Å². The minimum atomic E-state index is -0.0176. The van der Waals surface area contributed by atoms with Gasteiger partial charge in [-0.05, 0) is 24.3 Å². The molecular formula is C16H12N2O3. The number of phenols is 1. The van der Waals surface area contributed by atoms with Crippen molar-refractivity contribution in [2.45, 2.75) is 5.92 Å². The Morgan fingerprint density at radius 3 is 2.90 bits per heavy atom. The summed E-state index contributed by atoms with van der Waals surface area (Å²) >= 11 is 0. The first-order valence-electron chi connectivity index (χ1n) is 6.66. The number of hydrogen-bond donors (Lipinski definition) is 1. The summed E-state index contributed by atoms with van der Waals surface area (Å²) in [4.78, 5) is 4.43. The second kappa shape index (κ2) is 4.63. The molecule has 3 aromatic rings. The zero-order valence-corrected chi connectivity index (χ0v) is 11.1. The van der Waals surface area contributed by atoms with Gasteiger partial charge in [0.2, 0.25) is 0 Å². The van der Waals surface area contributed by atoms with Crippen molar-refractivity contribution in [1.29, 1.82) is 0 Å². The Balaban J connectivity index is 1.70. The minimum absolute atomic E-state index is 0.0176. The summed E-state index contributed by atoms with van der Waals surface area (Å²) in [6.45, 7) is 0.512. The van der Waals surface area contributed by atoms with Gasteiger partial charge in [-0.25, -0.2) is 0 Å². The van der Waals surface area contributed by atoms with Crippen molar-refractivity contribution in [3.8, 4) is 23.0 Å². The maximum Gasteiger partial charge on any atom is 0.258 e. The predicted octanol–water partition coefficient (Wildman–Crippen LogP) is 2.97. The number of phenolic OH excluding ortho intramolecular Hbond substituents is 1. The van der Waals surface area contributed by atoms with Gasteiger partial charge in [-0.3, -0.25) is 0 Å². The Morgan fingerprint density at radius 1 is 1.10 bits per heavy atom. The number of rotatable bonds is 2. The molecule has 4 rings (SSSR count). The number of benzene rings is 2. The first-order valence-corrected chi connectivity index (χ1v) is 6.66. The topological polar surface area (TPSA) is 68.4 Å². The summed E-state index contributed by atoms with van der Waals surface area (Å²) in [5.41, 5.74) is 1.77. The molecule has 2 heterocycles. The third kappa shape index (κ3) is 2.03. The fraction of sp³-hybridized carbons (Fsp3) is 0.125. The van der Waals surface area contributed by atoms with Crippen LogP contribution in [0.4, 0.5) is 0 Å². The Hall–Kier alpha value is -2.82. The second-order valence-corrected chi connectivity index (χ2v) is 4.91. The van der Waals surface area contributed by atoms with Gasteiger partial charge in [0.1, 0.15) is 18.1 Å². The smallest absolute Gasteiger partial charge is 0.258 e. The van der Waals surface area contributed by atoms with E-state index < -0.39 is 0 Å². The van der Waals surface area contributed by atoms with E-state index in [-0.39, 0.29) is 11.7 Å². The standard InChI is InChI=1S/C16H12N2O3/c19-11-5-3-4-10(8-11)16-17-15(18-21-16)13-9-20-14-7-2-1-6-12(13)14/h1-8,13,19H,9H2. The van der Waals surface area contributed by atoms with Crippen LogP contribution in [0.3, 0.4) is 0 Å². The number of nitrogens with zero attached hydrogens (tertiary/aromatic N) is 2. The molecule has 1 aliphatic rings. The van der Waals surface area contributed by atoms with Crippen LogP contribution in [-0.2, 0) is 0 Å². The summed E-state index contributed by atoms with van der Waals surface area (Å²) in [6, 6.07) is 14.6. The fourth-order valence-electron chi connectivity index (χ4n) is 2.51. The van der Waals surface area contributed by atoms with Crippen molar-refractivity contribution in [2.24, 2.45) is 0 Å². The van der Waals surface area contributed by atoms with Crippen LogP contribution in [0.15, 0.2) is 53.1 Å². The lowest BCUT2D eigenvalue weighted by atomic mass is 10.0. The Morgan fingerprint density at radius 2 is 2.00 bits per heavy atom. The average molecular weight is 280 g/mol. The van der Waals surface area contributed by atoms with E-state index >= 15 is 0 Å². The van der Waals surface area contributed by atoms with Crippen molar-refractivity contribution in [3.63, 3.8) is 0 Å². The van der Waals surface area contributed by atoms with E-state index in [0.29, 0.717) is 23.9 Å². The van der Waals surface area contributed by atoms with Crippen LogP contribution in [0.5, 0.6) is 11.5 Å². The number of hydrogen-bond acceptors (Lipinski definition) is 5. The third-order valence-electron chi connectivity index (χ3n) is 3.55. The number of aromatic nitrogens is 2. The molecule has 1 aliphatic heterocycles. The first kappa shape index (κ1) is 12.0. The van der Waals surface area contributed by atoms with Gasteiger partial charge in [0.25, 0.3) is 5.89 Å². The number of fused-ring (bicyclic) bond motifs is 1.